The smallest absolute Gasteiger partial charge is 0.280 e. The van der Waals surface area contributed by atoms with Crippen molar-refractivity contribution in [2.24, 2.45) is 5.92 Å². The molecule has 9 nitrogen and oxygen atoms in total. The third kappa shape index (κ3) is 5.53. The zero-order valence-electron chi connectivity index (χ0n) is 21.7. The zero-order valence-corrected chi connectivity index (χ0v) is 22.5. The maximum Gasteiger partial charge on any atom is 0.280 e. The van der Waals surface area contributed by atoms with Gasteiger partial charge in [0.2, 0.25) is 5.91 Å². The van der Waals surface area contributed by atoms with E-state index in [1.165, 1.54) is 29.7 Å². The summed E-state index contributed by atoms with van der Waals surface area (Å²) < 4.78 is 13.5. The Balaban J connectivity index is 1.34. The van der Waals surface area contributed by atoms with Crippen LogP contribution in [-0.4, -0.2) is 77.3 Å². The van der Waals surface area contributed by atoms with Crippen LogP contribution < -0.4 is 10.6 Å². The number of fused-ring (bicyclic) bond motifs is 2. The molecule has 5 rings (SSSR count). The predicted molar refractivity (Wildman–Crippen MR) is 142 cm³/mol. The molecule has 0 bridgehead atoms. The number of halogens is 1. The molecule has 3 atom stereocenters. The van der Waals surface area contributed by atoms with Gasteiger partial charge >= 0.3 is 0 Å². The normalized spacial score (nSPS) is 21.5. The van der Waals surface area contributed by atoms with Gasteiger partial charge in [-0.3, -0.25) is 19.4 Å². The molecule has 2 aliphatic rings. The lowest BCUT2D eigenvalue weighted by atomic mass is 9.81. The van der Waals surface area contributed by atoms with Crippen molar-refractivity contribution in [1.82, 2.24) is 30.4 Å². The predicted octanol–water partition coefficient (Wildman–Crippen LogP) is 2.60. The number of likely N-dealkylation sites (N-methyl/N-ethyl adjacent to an activating group) is 1. The SMILES string of the molecule is CN1CCc2nc(C(=O)N[C@@H]3CC(C(=O)N(C)C)CC[C@@H]3NC(=O)c3cc4ccc(F)cc4cn3)sc2C1. The Morgan fingerprint density at radius 3 is 2.66 bits per heavy atom. The largest absolute Gasteiger partial charge is 0.349 e. The number of nitrogens with zero attached hydrogens (tertiary/aromatic N) is 4. The van der Waals surface area contributed by atoms with Crippen molar-refractivity contribution in [2.45, 2.75) is 44.3 Å². The first-order valence-corrected chi connectivity index (χ1v) is 13.5. The highest BCUT2D eigenvalue weighted by Crippen LogP contribution is 2.28. The van der Waals surface area contributed by atoms with E-state index in [1.807, 2.05) is 7.05 Å². The van der Waals surface area contributed by atoms with Crippen LogP contribution in [0.25, 0.3) is 10.8 Å². The second kappa shape index (κ2) is 10.7. The van der Waals surface area contributed by atoms with Gasteiger partial charge in [0.15, 0.2) is 5.01 Å². The molecule has 1 unspecified atom stereocenters. The molecule has 0 saturated heterocycles. The second-order valence-corrected chi connectivity index (χ2v) is 11.4. The Hall–Kier alpha value is -3.44. The molecule has 1 aliphatic carbocycles. The van der Waals surface area contributed by atoms with Crippen LogP contribution in [0.4, 0.5) is 4.39 Å². The van der Waals surface area contributed by atoms with Gasteiger partial charge in [0.1, 0.15) is 11.5 Å². The van der Waals surface area contributed by atoms with Gasteiger partial charge in [0.05, 0.1) is 11.7 Å². The summed E-state index contributed by atoms with van der Waals surface area (Å²) in [6, 6.07) is 5.10. The van der Waals surface area contributed by atoms with E-state index in [2.05, 4.69) is 25.5 Å². The minimum absolute atomic E-state index is 0.00482. The number of hydrogen-bond donors (Lipinski definition) is 2. The molecule has 1 aliphatic heterocycles. The number of thiazole rings is 1. The van der Waals surface area contributed by atoms with Crippen LogP contribution in [0, 0.1) is 11.7 Å². The van der Waals surface area contributed by atoms with Gasteiger partial charge in [-0.2, -0.15) is 0 Å². The standard InChI is InChI=1S/C27H31FN6O3S/c1-33(2)27(37)16-5-7-19(30-24(35)22-11-15-4-6-18(28)10-17(15)13-29-22)21(12-16)31-25(36)26-32-20-8-9-34(3)14-23(20)38-26/h4,6,10-11,13,16,19,21H,5,7-9,12,14H2,1-3H3,(H,30,35)(H,31,36)/t16?,19-,21+/m0/s1. The van der Waals surface area contributed by atoms with Crippen molar-refractivity contribution in [1.29, 1.82) is 0 Å². The maximum atomic E-state index is 13.5. The fourth-order valence-electron chi connectivity index (χ4n) is 5.22. The fraction of sp³-hybridized carbons (Fsp3) is 0.444. The van der Waals surface area contributed by atoms with Gasteiger partial charge in [0, 0.05) is 62.0 Å². The van der Waals surface area contributed by atoms with Gasteiger partial charge in [-0.25, -0.2) is 9.37 Å². The first kappa shape index (κ1) is 26.2. The Bertz CT molecular complexity index is 1390. The molecule has 38 heavy (non-hydrogen) atoms. The van der Waals surface area contributed by atoms with Crippen molar-refractivity contribution in [3.63, 3.8) is 0 Å². The minimum Gasteiger partial charge on any atom is -0.349 e. The Morgan fingerprint density at radius 1 is 1.08 bits per heavy atom. The number of nitrogens with one attached hydrogen (secondary N) is 2. The summed E-state index contributed by atoms with van der Waals surface area (Å²) in [4.78, 5) is 52.8. The van der Waals surface area contributed by atoms with E-state index in [9.17, 15) is 18.8 Å². The number of aromatic nitrogens is 2. The summed E-state index contributed by atoms with van der Waals surface area (Å²) in [5, 5.41) is 7.80. The summed E-state index contributed by atoms with van der Waals surface area (Å²) in [5.74, 6) is -1.29. The molecule has 3 amide bonds. The molecule has 2 N–H and O–H groups in total. The third-order valence-electron chi connectivity index (χ3n) is 7.31. The second-order valence-electron chi connectivity index (χ2n) is 10.3. The first-order chi connectivity index (χ1) is 18.2. The number of rotatable bonds is 5. The van der Waals surface area contributed by atoms with Crippen LogP contribution in [0.15, 0.2) is 30.5 Å². The van der Waals surface area contributed by atoms with E-state index in [0.717, 1.165) is 30.1 Å². The van der Waals surface area contributed by atoms with Crippen LogP contribution in [-0.2, 0) is 17.8 Å². The molecule has 1 aromatic carbocycles. The zero-order chi connectivity index (χ0) is 27.0. The van der Waals surface area contributed by atoms with E-state index in [0.29, 0.717) is 35.0 Å². The summed E-state index contributed by atoms with van der Waals surface area (Å²) >= 11 is 1.40. The molecule has 2 aromatic heterocycles. The Morgan fingerprint density at radius 2 is 1.87 bits per heavy atom. The summed E-state index contributed by atoms with van der Waals surface area (Å²) in [5.41, 5.74) is 1.17. The van der Waals surface area contributed by atoms with Gasteiger partial charge in [-0.15, -0.1) is 11.3 Å². The highest BCUT2D eigenvalue weighted by Gasteiger charge is 2.37. The molecule has 0 radical (unpaired) electrons. The quantitative estimate of drug-likeness (QED) is 0.517. The van der Waals surface area contributed by atoms with Crippen LogP contribution >= 0.6 is 11.3 Å². The molecule has 1 saturated carbocycles. The number of carbonyl (C=O) groups excluding carboxylic acids is 3. The Kier molecular flexibility index (Phi) is 7.40. The molecular weight excluding hydrogens is 507 g/mol. The maximum absolute atomic E-state index is 13.5. The van der Waals surface area contributed by atoms with Crippen LogP contribution in [0.5, 0.6) is 0 Å². The first-order valence-electron chi connectivity index (χ1n) is 12.7. The molecule has 3 heterocycles. The summed E-state index contributed by atoms with van der Waals surface area (Å²) in [7, 11) is 5.48. The molecule has 1 fully saturated rings. The van der Waals surface area contributed by atoms with Crippen LogP contribution in [0.2, 0.25) is 0 Å². The van der Waals surface area contributed by atoms with Crippen molar-refractivity contribution in [3.05, 3.63) is 57.6 Å². The van der Waals surface area contributed by atoms with Crippen molar-refractivity contribution in [2.75, 3.05) is 27.7 Å². The van der Waals surface area contributed by atoms with Crippen molar-refractivity contribution in [3.8, 4) is 0 Å². The number of amides is 3. The van der Waals surface area contributed by atoms with E-state index >= 15 is 0 Å². The van der Waals surface area contributed by atoms with Gasteiger partial charge in [-0.05, 0) is 49.9 Å². The Labute approximate surface area is 224 Å². The minimum atomic E-state index is -0.452. The molecule has 3 aromatic rings. The number of hydrogen-bond acceptors (Lipinski definition) is 7. The summed E-state index contributed by atoms with van der Waals surface area (Å²) in [6.07, 6.45) is 3.81. The molecule has 0 spiro atoms. The lowest BCUT2D eigenvalue weighted by Crippen LogP contribution is -2.56. The topological polar surface area (TPSA) is 108 Å². The molecule has 11 heteroatoms. The van der Waals surface area contributed by atoms with Gasteiger partial charge in [0.25, 0.3) is 11.8 Å². The highest BCUT2D eigenvalue weighted by atomic mass is 32.1. The fourth-order valence-corrected chi connectivity index (χ4v) is 6.31. The average molecular weight is 539 g/mol. The summed E-state index contributed by atoms with van der Waals surface area (Å²) in [6.45, 7) is 1.67. The molecular formula is C27H31FN6O3S. The van der Waals surface area contributed by atoms with E-state index in [-0.39, 0.29) is 41.2 Å². The van der Waals surface area contributed by atoms with Gasteiger partial charge in [-0.1, -0.05) is 6.07 Å². The van der Waals surface area contributed by atoms with Crippen LogP contribution in [0.3, 0.4) is 0 Å². The molecule has 200 valence electrons. The van der Waals surface area contributed by atoms with Gasteiger partial charge < -0.3 is 20.4 Å². The average Bonchev–Trinajstić information content (AvgIpc) is 3.32. The van der Waals surface area contributed by atoms with E-state index < -0.39 is 6.04 Å². The number of carbonyl (C=O) groups is 3. The number of pyridine rings is 1. The lowest BCUT2D eigenvalue weighted by molar-refractivity contribution is -0.134. The van der Waals surface area contributed by atoms with E-state index in [4.69, 9.17) is 0 Å². The van der Waals surface area contributed by atoms with Crippen molar-refractivity contribution >= 4 is 39.8 Å². The monoisotopic (exact) mass is 538 g/mol. The lowest BCUT2D eigenvalue weighted by Gasteiger charge is -2.37. The van der Waals surface area contributed by atoms with E-state index in [1.54, 1.807) is 31.1 Å². The van der Waals surface area contributed by atoms with Crippen LogP contribution in [0.1, 0.15) is 50.1 Å². The number of benzene rings is 1. The highest BCUT2D eigenvalue weighted by molar-refractivity contribution is 7.13. The third-order valence-corrected chi connectivity index (χ3v) is 8.39. The van der Waals surface area contributed by atoms with Crippen molar-refractivity contribution < 1.29 is 18.8 Å².